The van der Waals surface area contributed by atoms with Crippen molar-refractivity contribution in [2.24, 2.45) is 0 Å². The van der Waals surface area contributed by atoms with Crippen LogP contribution in [0.1, 0.15) is 27.3 Å². The maximum atomic E-state index is 13.6. The van der Waals surface area contributed by atoms with Crippen LogP contribution in [0.4, 0.5) is 28.9 Å². The number of nitro groups is 1. The maximum absolute atomic E-state index is 13.6. The summed E-state index contributed by atoms with van der Waals surface area (Å²) in [7, 11) is 0. The van der Waals surface area contributed by atoms with E-state index in [1.165, 1.54) is 66.1 Å². The van der Waals surface area contributed by atoms with Crippen molar-refractivity contribution in [1.82, 2.24) is 20.1 Å². The average molecular weight is 589 g/mol. The van der Waals surface area contributed by atoms with Gasteiger partial charge in [-0.2, -0.15) is 13.2 Å². The first-order valence-electron chi connectivity index (χ1n) is 11.8. The molecule has 0 bridgehead atoms. The number of aromatic nitrogens is 3. The third kappa shape index (κ3) is 6.87. The molecule has 0 radical (unpaired) electrons. The van der Waals surface area contributed by atoms with E-state index in [4.69, 9.17) is 0 Å². The van der Waals surface area contributed by atoms with Crippen LogP contribution in [-0.2, 0) is 17.5 Å². The van der Waals surface area contributed by atoms with E-state index in [0.717, 1.165) is 23.9 Å². The third-order valence-electron chi connectivity index (χ3n) is 5.78. The predicted molar refractivity (Wildman–Crippen MR) is 141 cm³/mol. The zero-order valence-electron chi connectivity index (χ0n) is 21.1. The van der Waals surface area contributed by atoms with Gasteiger partial charge in [-0.15, -0.1) is 10.2 Å². The highest BCUT2D eigenvalue weighted by molar-refractivity contribution is 7.99. The molecule has 0 saturated heterocycles. The molecule has 3 aromatic carbocycles. The van der Waals surface area contributed by atoms with Crippen LogP contribution < -0.4 is 10.6 Å². The molecule has 15 heteroatoms. The van der Waals surface area contributed by atoms with Gasteiger partial charge in [-0.05, 0) is 49.4 Å². The lowest BCUT2D eigenvalue weighted by molar-refractivity contribution is -0.385. The monoisotopic (exact) mass is 588 g/mol. The van der Waals surface area contributed by atoms with Gasteiger partial charge in [0.2, 0.25) is 5.91 Å². The fourth-order valence-electron chi connectivity index (χ4n) is 3.84. The molecule has 0 spiro atoms. The van der Waals surface area contributed by atoms with E-state index in [1.807, 2.05) is 0 Å². The summed E-state index contributed by atoms with van der Waals surface area (Å²) < 4.78 is 54.9. The van der Waals surface area contributed by atoms with Gasteiger partial charge in [-0.25, -0.2) is 4.39 Å². The molecule has 1 heterocycles. The van der Waals surface area contributed by atoms with Crippen LogP contribution >= 0.6 is 11.8 Å². The van der Waals surface area contributed by atoms with Crippen LogP contribution in [0.25, 0.3) is 5.69 Å². The fraction of sp³-hybridized carbons (Fsp3) is 0.154. The minimum absolute atomic E-state index is 0.0810. The number of hydrogen-bond acceptors (Lipinski definition) is 7. The number of carbonyl (C=O) groups excluding carboxylic acids is 2. The molecule has 41 heavy (non-hydrogen) atoms. The molecule has 0 fully saturated rings. The van der Waals surface area contributed by atoms with E-state index in [2.05, 4.69) is 20.8 Å². The molecule has 0 aliphatic carbocycles. The van der Waals surface area contributed by atoms with Crippen LogP contribution in [0, 0.1) is 22.9 Å². The number of para-hydroxylation sites is 1. The van der Waals surface area contributed by atoms with E-state index in [0.29, 0.717) is 5.69 Å². The van der Waals surface area contributed by atoms with Crippen LogP contribution in [0.2, 0.25) is 0 Å². The Kier molecular flexibility index (Phi) is 8.66. The van der Waals surface area contributed by atoms with Crippen molar-refractivity contribution in [3.05, 3.63) is 105 Å². The smallest absolute Gasteiger partial charge is 0.345 e. The first-order valence-corrected chi connectivity index (χ1v) is 12.8. The molecule has 10 nitrogen and oxygen atoms in total. The summed E-state index contributed by atoms with van der Waals surface area (Å²) in [6.45, 7) is 1.25. The number of anilines is 1. The van der Waals surface area contributed by atoms with Gasteiger partial charge in [0.05, 0.1) is 28.5 Å². The van der Waals surface area contributed by atoms with Gasteiger partial charge < -0.3 is 10.6 Å². The number of alkyl halides is 3. The summed E-state index contributed by atoms with van der Waals surface area (Å²) in [5, 5.41) is 24.3. The predicted octanol–water partition coefficient (Wildman–Crippen LogP) is 5.30. The summed E-state index contributed by atoms with van der Waals surface area (Å²) in [6.07, 6.45) is -4.66. The van der Waals surface area contributed by atoms with E-state index < -0.39 is 40.0 Å². The number of benzene rings is 3. The molecule has 2 N–H and O–H groups in total. The zero-order chi connectivity index (χ0) is 29.7. The van der Waals surface area contributed by atoms with Crippen LogP contribution in [0.3, 0.4) is 0 Å². The fourth-order valence-corrected chi connectivity index (χ4v) is 4.61. The standard InChI is InChI=1S/C26H20F4N6O4S/c1-15-18(5-4-8-21(15)36(39)40)24(38)31-13-22-33-34-25(35(22)17-11-9-16(27)10-12-17)41-14-23(37)32-20-7-3-2-6-19(20)26(28,29)30/h2-12H,13-14H2,1H3,(H,31,38)(H,32,37). The Balaban J connectivity index is 1.53. The molecule has 0 unspecified atom stereocenters. The van der Waals surface area contributed by atoms with Gasteiger partial charge in [-0.3, -0.25) is 24.3 Å². The van der Waals surface area contributed by atoms with Crippen molar-refractivity contribution in [3.8, 4) is 5.69 Å². The lowest BCUT2D eigenvalue weighted by atomic mass is 10.1. The second kappa shape index (κ2) is 12.2. The van der Waals surface area contributed by atoms with Gasteiger partial charge in [0.15, 0.2) is 11.0 Å². The molecule has 0 aliphatic heterocycles. The Morgan fingerprint density at radius 3 is 2.41 bits per heavy atom. The number of rotatable bonds is 9. The van der Waals surface area contributed by atoms with Crippen LogP contribution in [-0.4, -0.2) is 37.3 Å². The molecule has 1 aromatic heterocycles. The van der Waals surface area contributed by atoms with Crippen molar-refractivity contribution in [1.29, 1.82) is 0 Å². The first-order chi connectivity index (χ1) is 19.5. The molecule has 4 aromatic rings. The van der Waals surface area contributed by atoms with E-state index in [9.17, 15) is 37.3 Å². The highest BCUT2D eigenvalue weighted by Crippen LogP contribution is 2.34. The van der Waals surface area contributed by atoms with Crippen molar-refractivity contribution in [2.75, 3.05) is 11.1 Å². The number of nitro benzene ring substituents is 1. The van der Waals surface area contributed by atoms with Crippen molar-refractivity contribution < 1.29 is 32.1 Å². The zero-order valence-corrected chi connectivity index (χ0v) is 21.9. The van der Waals surface area contributed by atoms with E-state index >= 15 is 0 Å². The average Bonchev–Trinajstić information content (AvgIpc) is 3.33. The highest BCUT2D eigenvalue weighted by atomic mass is 32.2. The van der Waals surface area contributed by atoms with Gasteiger partial charge in [0.25, 0.3) is 11.6 Å². The summed E-state index contributed by atoms with van der Waals surface area (Å²) in [4.78, 5) is 36.0. The van der Waals surface area contributed by atoms with Gasteiger partial charge in [-0.1, -0.05) is 30.0 Å². The number of carbonyl (C=O) groups is 2. The Morgan fingerprint density at radius 1 is 1.02 bits per heavy atom. The molecule has 0 atom stereocenters. The quantitative estimate of drug-likeness (QED) is 0.117. The third-order valence-corrected chi connectivity index (χ3v) is 6.71. The number of hydrogen-bond donors (Lipinski definition) is 2. The minimum Gasteiger partial charge on any atom is -0.345 e. The molecule has 0 aliphatic rings. The Hall–Kier alpha value is -4.79. The normalized spacial score (nSPS) is 11.2. The molecule has 212 valence electrons. The lowest BCUT2D eigenvalue weighted by Gasteiger charge is -2.14. The summed E-state index contributed by atoms with van der Waals surface area (Å²) in [6, 6.07) is 13.8. The molecular formula is C26H20F4N6O4S. The second-order valence-corrected chi connectivity index (χ2v) is 9.42. The van der Waals surface area contributed by atoms with E-state index in [1.54, 1.807) is 0 Å². The van der Waals surface area contributed by atoms with Gasteiger partial charge in [0, 0.05) is 22.9 Å². The lowest BCUT2D eigenvalue weighted by Crippen LogP contribution is -2.25. The van der Waals surface area contributed by atoms with Gasteiger partial charge >= 0.3 is 6.18 Å². The number of halogens is 4. The number of nitrogens with one attached hydrogen (secondary N) is 2. The SMILES string of the molecule is Cc1c(C(=O)NCc2nnc(SCC(=O)Nc3ccccc3C(F)(F)F)n2-c2ccc(F)cc2)cccc1[N+](=O)[O-]. The molecular weight excluding hydrogens is 568 g/mol. The summed E-state index contributed by atoms with van der Waals surface area (Å²) in [5.74, 6) is -2.04. The van der Waals surface area contributed by atoms with Crippen molar-refractivity contribution >= 4 is 35.0 Å². The molecule has 2 amide bonds. The second-order valence-electron chi connectivity index (χ2n) is 8.48. The number of thioether (sulfide) groups is 1. The maximum Gasteiger partial charge on any atom is 0.418 e. The molecule has 0 saturated carbocycles. The number of amides is 2. The first kappa shape index (κ1) is 29.2. The van der Waals surface area contributed by atoms with Crippen molar-refractivity contribution in [2.45, 2.75) is 24.8 Å². The topological polar surface area (TPSA) is 132 Å². The Bertz CT molecular complexity index is 1610. The van der Waals surface area contributed by atoms with E-state index in [-0.39, 0.29) is 40.1 Å². The minimum atomic E-state index is -4.66. The van der Waals surface area contributed by atoms with Crippen LogP contribution in [0.5, 0.6) is 0 Å². The van der Waals surface area contributed by atoms with Gasteiger partial charge in [0.1, 0.15) is 5.82 Å². The Labute approximate surface area is 233 Å². The van der Waals surface area contributed by atoms with Crippen molar-refractivity contribution in [3.63, 3.8) is 0 Å². The highest BCUT2D eigenvalue weighted by Gasteiger charge is 2.33. The summed E-state index contributed by atoms with van der Waals surface area (Å²) in [5.41, 5.74) is -0.975. The summed E-state index contributed by atoms with van der Waals surface area (Å²) >= 11 is 0.861. The Morgan fingerprint density at radius 2 is 1.73 bits per heavy atom. The number of nitrogens with zero attached hydrogens (tertiary/aromatic N) is 4. The van der Waals surface area contributed by atoms with Crippen LogP contribution in [0.15, 0.2) is 71.9 Å². The molecule has 4 rings (SSSR count). The largest absolute Gasteiger partial charge is 0.418 e.